The maximum atomic E-state index is 13.8. The van der Waals surface area contributed by atoms with Gasteiger partial charge in [0.05, 0.1) is 18.0 Å². The molecule has 1 aliphatic carbocycles. The van der Waals surface area contributed by atoms with Crippen LogP contribution in [0.2, 0.25) is 0 Å². The van der Waals surface area contributed by atoms with Crippen molar-refractivity contribution >= 4 is 30.6 Å². The fourth-order valence-electron chi connectivity index (χ4n) is 4.39. The molecule has 0 saturated heterocycles. The number of hydrogen-bond acceptors (Lipinski definition) is 8. The number of esters is 1. The van der Waals surface area contributed by atoms with Crippen molar-refractivity contribution in [1.82, 2.24) is 19.6 Å². The summed E-state index contributed by atoms with van der Waals surface area (Å²) in [5, 5.41) is 3.54. The SMILES string of the molecule is C[C@H](NP(=O)(OC[C@H]1C=C[C@@H](n2ccc3c(N)ncnc32)C1)Oc1ccccc1)C(=O)OCc1ccccc1. The average Bonchev–Trinajstić information content (AvgIpc) is 3.59. The molecule has 11 heteroatoms. The van der Waals surface area contributed by atoms with E-state index in [1.54, 1.807) is 31.2 Å². The zero-order valence-corrected chi connectivity index (χ0v) is 22.3. The van der Waals surface area contributed by atoms with Crippen molar-refractivity contribution in [2.75, 3.05) is 12.3 Å². The van der Waals surface area contributed by atoms with Crippen LogP contribution >= 0.6 is 7.75 Å². The molecule has 5 rings (SSSR count). The molecule has 2 aromatic heterocycles. The first kappa shape index (κ1) is 26.6. The summed E-state index contributed by atoms with van der Waals surface area (Å²) >= 11 is 0. The van der Waals surface area contributed by atoms with Crippen molar-refractivity contribution in [3.8, 4) is 5.75 Å². The number of carbonyl (C=O) groups excluding carboxylic acids is 1. The molecule has 4 aromatic rings. The van der Waals surface area contributed by atoms with E-state index in [-0.39, 0.29) is 25.2 Å². The highest BCUT2D eigenvalue weighted by atomic mass is 31.2. The van der Waals surface area contributed by atoms with Gasteiger partial charge in [-0.25, -0.2) is 14.5 Å². The lowest BCUT2D eigenvalue weighted by Crippen LogP contribution is -2.35. The van der Waals surface area contributed by atoms with Crippen molar-refractivity contribution in [2.45, 2.75) is 32.0 Å². The Hall–Kier alpha value is -3.98. The van der Waals surface area contributed by atoms with Crippen LogP contribution in [0.1, 0.15) is 24.9 Å². The molecule has 39 heavy (non-hydrogen) atoms. The normalized spacial score (nSPS) is 19.0. The van der Waals surface area contributed by atoms with Crippen LogP contribution in [0.15, 0.2) is 91.4 Å². The molecular weight excluding hydrogens is 517 g/mol. The predicted molar refractivity (Wildman–Crippen MR) is 148 cm³/mol. The quantitative estimate of drug-likeness (QED) is 0.150. The monoisotopic (exact) mass is 547 g/mol. The molecule has 0 amide bonds. The van der Waals surface area contributed by atoms with Gasteiger partial charge in [-0.1, -0.05) is 60.7 Å². The maximum absolute atomic E-state index is 13.8. The fourth-order valence-corrected chi connectivity index (χ4v) is 5.93. The Labute approximate surface area is 226 Å². The van der Waals surface area contributed by atoms with Crippen LogP contribution in [0.3, 0.4) is 0 Å². The van der Waals surface area contributed by atoms with E-state index in [2.05, 4.69) is 21.1 Å². The highest BCUT2D eigenvalue weighted by molar-refractivity contribution is 7.52. The van der Waals surface area contributed by atoms with E-state index in [1.165, 1.54) is 6.33 Å². The van der Waals surface area contributed by atoms with Crippen molar-refractivity contribution in [3.63, 3.8) is 0 Å². The number of nitrogen functional groups attached to an aromatic ring is 1. The van der Waals surface area contributed by atoms with Gasteiger partial charge in [0.15, 0.2) is 0 Å². The summed E-state index contributed by atoms with van der Waals surface area (Å²) in [4.78, 5) is 21.1. The molecule has 0 fully saturated rings. The lowest BCUT2D eigenvalue weighted by atomic mass is 10.1. The van der Waals surface area contributed by atoms with Gasteiger partial charge in [-0.15, -0.1) is 0 Å². The number of fused-ring (bicyclic) bond motifs is 1. The molecule has 4 atom stereocenters. The molecule has 2 aromatic carbocycles. The highest BCUT2D eigenvalue weighted by Gasteiger charge is 2.34. The van der Waals surface area contributed by atoms with Crippen LogP contribution in [-0.4, -0.2) is 33.2 Å². The van der Waals surface area contributed by atoms with Crippen molar-refractivity contribution in [1.29, 1.82) is 0 Å². The Balaban J connectivity index is 1.23. The third-order valence-corrected chi connectivity index (χ3v) is 8.05. The Bertz CT molecular complexity index is 1490. The second-order valence-corrected chi connectivity index (χ2v) is 11.0. The van der Waals surface area contributed by atoms with Crippen LogP contribution in [0.5, 0.6) is 5.75 Å². The van der Waals surface area contributed by atoms with Gasteiger partial charge in [0.1, 0.15) is 36.2 Å². The third-order valence-electron chi connectivity index (χ3n) is 6.40. The number of rotatable bonds is 11. The van der Waals surface area contributed by atoms with Gasteiger partial charge in [-0.2, -0.15) is 5.09 Å². The van der Waals surface area contributed by atoms with E-state index in [1.807, 2.05) is 59.3 Å². The van der Waals surface area contributed by atoms with Crippen molar-refractivity contribution in [2.24, 2.45) is 5.92 Å². The summed E-state index contributed by atoms with van der Waals surface area (Å²) in [6, 6.07) is 19.0. The minimum Gasteiger partial charge on any atom is -0.460 e. The standard InChI is InChI=1S/C28H30N5O5P/c1-20(28(34)36-17-21-8-4-2-5-9-21)32-39(35,38-24-10-6-3-7-11-24)37-18-22-12-13-23(16-22)33-15-14-25-26(29)30-19-31-27(25)33/h2-15,19-20,22-23H,16-18H2,1H3,(H,32,35)(H2,29,30,31)/t20-,22-,23+,39?/m0/s1. The number of para-hydroxylation sites is 1. The number of anilines is 1. The smallest absolute Gasteiger partial charge is 0.459 e. The molecule has 0 aliphatic heterocycles. The lowest BCUT2D eigenvalue weighted by molar-refractivity contribution is -0.146. The summed E-state index contributed by atoms with van der Waals surface area (Å²) in [5.74, 6) is 0.179. The van der Waals surface area contributed by atoms with E-state index in [9.17, 15) is 9.36 Å². The van der Waals surface area contributed by atoms with E-state index < -0.39 is 19.8 Å². The van der Waals surface area contributed by atoms with E-state index >= 15 is 0 Å². The third kappa shape index (κ3) is 6.54. The fraction of sp³-hybridized carbons (Fsp3) is 0.250. The lowest BCUT2D eigenvalue weighted by Gasteiger charge is -2.24. The maximum Gasteiger partial charge on any atom is 0.459 e. The van der Waals surface area contributed by atoms with Crippen LogP contribution in [0.4, 0.5) is 5.82 Å². The largest absolute Gasteiger partial charge is 0.460 e. The second kappa shape index (κ2) is 11.8. The molecule has 202 valence electrons. The minimum atomic E-state index is -3.95. The zero-order chi connectivity index (χ0) is 27.2. The van der Waals surface area contributed by atoms with Gasteiger partial charge < -0.3 is 19.6 Å². The number of allylic oxidation sites excluding steroid dienone is 1. The van der Waals surface area contributed by atoms with Crippen LogP contribution in [-0.2, 0) is 25.2 Å². The summed E-state index contributed by atoms with van der Waals surface area (Å²) in [7, 11) is -3.95. The molecule has 0 radical (unpaired) electrons. The first-order chi connectivity index (χ1) is 18.9. The molecule has 10 nitrogen and oxygen atoms in total. The average molecular weight is 548 g/mol. The molecule has 2 heterocycles. The molecular formula is C28H30N5O5P. The van der Waals surface area contributed by atoms with E-state index in [4.69, 9.17) is 19.5 Å². The van der Waals surface area contributed by atoms with Crippen LogP contribution < -0.4 is 15.3 Å². The van der Waals surface area contributed by atoms with E-state index in [0.29, 0.717) is 18.0 Å². The number of hydrogen-bond donors (Lipinski definition) is 2. The topological polar surface area (TPSA) is 131 Å². The minimum absolute atomic E-state index is 0.0275. The van der Waals surface area contributed by atoms with Gasteiger partial charge in [-0.3, -0.25) is 9.32 Å². The van der Waals surface area contributed by atoms with Gasteiger partial charge in [-0.05, 0) is 37.1 Å². The molecule has 0 spiro atoms. The van der Waals surface area contributed by atoms with Crippen LogP contribution in [0, 0.1) is 5.92 Å². The predicted octanol–water partition coefficient (Wildman–Crippen LogP) is 5.06. The number of aromatic nitrogens is 3. The van der Waals surface area contributed by atoms with Gasteiger partial charge in [0.2, 0.25) is 0 Å². The number of nitrogens with two attached hydrogens (primary N) is 1. The van der Waals surface area contributed by atoms with Gasteiger partial charge in [0, 0.05) is 12.1 Å². The Morgan fingerprint density at radius 1 is 1.10 bits per heavy atom. The summed E-state index contributed by atoms with van der Waals surface area (Å²) in [5.41, 5.74) is 7.58. The molecule has 0 saturated carbocycles. The Kier molecular flexibility index (Phi) is 8.07. The zero-order valence-electron chi connectivity index (χ0n) is 21.4. The summed E-state index contributed by atoms with van der Waals surface area (Å²) in [6.45, 7) is 1.79. The molecule has 0 bridgehead atoms. The second-order valence-electron chi connectivity index (χ2n) is 9.31. The number of nitrogens with zero attached hydrogens (tertiary/aromatic N) is 3. The van der Waals surface area contributed by atoms with Crippen molar-refractivity contribution < 1.29 is 23.1 Å². The van der Waals surface area contributed by atoms with E-state index in [0.717, 1.165) is 16.6 Å². The number of nitrogens with one attached hydrogen (secondary N) is 1. The Morgan fingerprint density at radius 2 is 1.85 bits per heavy atom. The first-order valence-corrected chi connectivity index (χ1v) is 14.2. The molecule has 1 aliphatic rings. The van der Waals surface area contributed by atoms with Gasteiger partial charge >= 0.3 is 13.7 Å². The molecule has 3 N–H and O–H groups in total. The number of carbonyl (C=O) groups is 1. The molecule has 1 unspecified atom stereocenters. The number of benzene rings is 2. The summed E-state index contributed by atoms with van der Waals surface area (Å²) < 4.78 is 32.9. The van der Waals surface area contributed by atoms with Crippen LogP contribution in [0.25, 0.3) is 11.0 Å². The number of ether oxygens (including phenoxy) is 1. The summed E-state index contributed by atoms with van der Waals surface area (Å²) in [6.07, 6.45) is 8.16. The first-order valence-electron chi connectivity index (χ1n) is 12.6. The Morgan fingerprint density at radius 3 is 2.62 bits per heavy atom. The van der Waals surface area contributed by atoms with Crippen molar-refractivity contribution in [3.05, 3.63) is 97.0 Å². The van der Waals surface area contributed by atoms with Gasteiger partial charge in [0.25, 0.3) is 0 Å². The highest BCUT2D eigenvalue weighted by Crippen LogP contribution is 2.46.